The Morgan fingerprint density at radius 3 is 2.55 bits per heavy atom. The molecule has 1 aromatic rings. The van der Waals surface area contributed by atoms with Crippen molar-refractivity contribution in [1.82, 2.24) is 5.32 Å². The first kappa shape index (κ1) is 13.4. The number of benzene rings is 1. The van der Waals surface area contributed by atoms with Crippen molar-refractivity contribution in [1.29, 1.82) is 0 Å². The SMILES string of the molecule is Cc1ccc(C(N)=O)c(N(C)C2CC3CCC(C2)N3)c1. The van der Waals surface area contributed by atoms with Crippen LogP contribution in [-0.4, -0.2) is 31.1 Å². The van der Waals surface area contributed by atoms with Crippen LogP contribution >= 0.6 is 0 Å². The molecular weight excluding hydrogens is 250 g/mol. The number of primary amides is 1. The second-order valence-corrected chi connectivity index (χ2v) is 6.26. The van der Waals surface area contributed by atoms with Crippen LogP contribution in [0.3, 0.4) is 0 Å². The number of anilines is 1. The maximum Gasteiger partial charge on any atom is 0.250 e. The monoisotopic (exact) mass is 273 g/mol. The van der Waals surface area contributed by atoms with Gasteiger partial charge in [0.1, 0.15) is 0 Å². The topological polar surface area (TPSA) is 58.4 Å². The van der Waals surface area contributed by atoms with E-state index in [0.29, 0.717) is 23.7 Å². The van der Waals surface area contributed by atoms with Gasteiger partial charge in [-0.3, -0.25) is 4.79 Å². The molecule has 4 nitrogen and oxygen atoms in total. The number of aryl methyl sites for hydroxylation is 1. The van der Waals surface area contributed by atoms with Gasteiger partial charge in [0.05, 0.1) is 5.56 Å². The third-order valence-electron chi connectivity index (χ3n) is 4.79. The van der Waals surface area contributed by atoms with Crippen molar-refractivity contribution < 1.29 is 4.79 Å². The van der Waals surface area contributed by atoms with Crippen LogP contribution in [0.25, 0.3) is 0 Å². The van der Waals surface area contributed by atoms with Gasteiger partial charge in [0.25, 0.3) is 5.91 Å². The van der Waals surface area contributed by atoms with Crippen molar-refractivity contribution in [3.05, 3.63) is 29.3 Å². The van der Waals surface area contributed by atoms with E-state index in [2.05, 4.69) is 23.3 Å². The van der Waals surface area contributed by atoms with Crippen LogP contribution in [0.2, 0.25) is 0 Å². The van der Waals surface area contributed by atoms with Crippen molar-refractivity contribution in [2.24, 2.45) is 5.73 Å². The van der Waals surface area contributed by atoms with Gasteiger partial charge in [0.2, 0.25) is 0 Å². The van der Waals surface area contributed by atoms with Gasteiger partial charge in [-0.1, -0.05) is 6.07 Å². The van der Waals surface area contributed by atoms with E-state index >= 15 is 0 Å². The molecule has 2 atom stereocenters. The molecule has 2 aliphatic heterocycles. The fourth-order valence-electron chi connectivity index (χ4n) is 3.68. The lowest BCUT2D eigenvalue weighted by Crippen LogP contribution is -2.47. The zero-order valence-corrected chi connectivity index (χ0v) is 12.2. The molecule has 20 heavy (non-hydrogen) atoms. The molecule has 3 N–H and O–H groups in total. The molecule has 3 rings (SSSR count). The number of carbonyl (C=O) groups excluding carboxylic acids is 1. The summed E-state index contributed by atoms with van der Waals surface area (Å²) in [6.07, 6.45) is 4.87. The molecule has 0 radical (unpaired) electrons. The third-order valence-corrected chi connectivity index (χ3v) is 4.79. The van der Waals surface area contributed by atoms with Crippen LogP contribution < -0.4 is 16.0 Å². The van der Waals surface area contributed by atoms with E-state index in [4.69, 9.17) is 5.73 Å². The number of carbonyl (C=O) groups is 1. The predicted molar refractivity (Wildman–Crippen MR) is 81.1 cm³/mol. The lowest BCUT2D eigenvalue weighted by molar-refractivity contribution is 0.100. The molecule has 0 aromatic heterocycles. The molecule has 1 aromatic carbocycles. The molecule has 0 aliphatic carbocycles. The summed E-state index contributed by atoms with van der Waals surface area (Å²) in [5, 5.41) is 3.66. The third kappa shape index (κ3) is 2.40. The summed E-state index contributed by atoms with van der Waals surface area (Å²) < 4.78 is 0. The molecule has 0 spiro atoms. The van der Waals surface area contributed by atoms with Crippen LogP contribution in [0.5, 0.6) is 0 Å². The number of nitrogens with two attached hydrogens (primary N) is 1. The number of hydrogen-bond acceptors (Lipinski definition) is 3. The largest absolute Gasteiger partial charge is 0.371 e. The highest BCUT2D eigenvalue weighted by Crippen LogP contribution is 2.32. The minimum atomic E-state index is -0.344. The molecule has 2 unspecified atom stereocenters. The highest BCUT2D eigenvalue weighted by Gasteiger charge is 2.35. The van der Waals surface area contributed by atoms with Crippen molar-refractivity contribution >= 4 is 11.6 Å². The standard InChI is InChI=1S/C16H23N3O/c1-10-3-6-14(16(17)20)15(7-10)19(2)13-8-11-4-5-12(9-13)18-11/h3,6-7,11-13,18H,4-5,8-9H2,1-2H3,(H2,17,20). The van der Waals surface area contributed by atoms with Crippen LogP contribution in [-0.2, 0) is 0 Å². The van der Waals surface area contributed by atoms with Gasteiger partial charge in [0, 0.05) is 30.9 Å². The Hall–Kier alpha value is -1.55. The van der Waals surface area contributed by atoms with Gasteiger partial charge >= 0.3 is 0 Å². The van der Waals surface area contributed by atoms with Gasteiger partial charge in [0.15, 0.2) is 0 Å². The quantitative estimate of drug-likeness (QED) is 0.883. The molecule has 0 saturated carbocycles. The van der Waals surface area contributed by atoms with Gasteiger partial charge in [-0.2, -0.15) is 0 Å². The number of nitrogens with zero attached hydrogens (tertiary/aromatic N) is 1. The number of rotatable bonds is 3. The lowest BCUT2D eigenvalue weighted by atomic mass is 9.97. The van der Waals surface area contributed by atoms with E-state index in [1.54, 1.807) is 0 Å². The maximum absolute atomic E-state index is 11.6. The summed E-state index contributed by atoms with van der Waals surface area (Å²) in [6.45, 7) is 2.05. The summed E-state index contributed by atoms with van der Waals surface area (Å²) in [6, 6.07) is 7.65. The highest BCUT2D eigenvalue weighted by atomic mass is 16.1. The molecule has 2 bridgehead atoms. The minimum absolute atomic E-state index is 0.344. The molecular formula is C16H23N3O. The Morgan fingerprint density at radius 2 is 1.95 bits per heavy atom. The smallest absolute Gasteiger partial charge is 0.250 e. The van der Waals surface area contributed by atoms with E-state index in [1.165, 1.54) is 12.8 Å². The first-order chi connectivity index (χ1) is 9.54. The number of nitrogens with one attached hydrogen (secondary N) is 1. The zero-order chi connectivity index (χ0) is 14.3. The minimum Gasteiger partial charge on any atom is -0.371 e. The van der Waals surface area contributed by atoms with E-state index in [0.717, 1.165) is 24.1 Å². The molecule has 1 amide bonds. The molecule has 2 heterocycles. The van der Waals surface area contributed by atoms with Gasteiger partial charge < -0.3 is 16.0 Å². The molecule has 2 saturated heterocycles. The van der Waals surface area contributed by atoms with Crippen LogP contribution in [0.4, 0.5) is 5.69 Å². The number of amides is 1. The fourth-order valence-corrected chi connectivity index (χ4v) is 3.68. The molecule has 2 aliphatic rings. The Kier molecular flexibility index (Phi) is 3.42. The first-order valence-electron chi connectivity index (χ1n) is 7.44. The summed E-state index contributed by atoms with van der Waals surface area (Å²) in [5.41, 5.74) is 8.29. The highest BCUT2D eigenvalue weighted by molar-refractivity contribution is 5.98. The Morgan fingerprint density at radius 1 is 1.30 bits per heavy atom. The van der Waals surface area contributed by atoms with Crippen molar-refractivity contribution in [2.45, 2.75) is 50.7 Å². The average molecular weight is 273 g/mol. The Balaban J connectivity index is 1.88. The van der Waals surface area contributed by atoms with E-state index in [1.807, 2.05) is 19.1 Å². The summed E-state index contributed by atoms with van der Waals surface area (Å²) in [4.78, 5) is 13.9. The van der Waals surface area contributed by atoms with E-state index < -0.39 is 0 Å². The maximum atomic E-state index is 11.6. The van der Waals surface area contributed by atoms with Crippen LogP contribution in [0.1, 0.15) is 41.6 Å². The number of fused-ring (bicyclic) bond motifs is 2. The number of piperidine rings is 1. The first-order valence-corrected chi connectivity index (χ1v) is 7.44. The Labute approximate surface area is 120 Å². The fraction of sp³-hybridized carbons (Fsp3) is 0.562. The van der Waals surface area contributed by atoms with Crippen molar-refractivity contribution in [2.75, 3.05) is 11.9 Å². The predicted octanol–water partition coefficient (Wildman–Crippen LogP) is 1.81. The van der Waals surface area contributed by atoms with Gasteiger partial charge in [-0.15, -0.1) is 0 Å². The average Bonchev–Trinajstić information content (AvgIpc) is 2.76. The van der Waals surface area contributed by atoms with E-state index in [9.17, 15) is 4.79 Å². The second-order valence-electron chi connectivity index (χ2n) is 6.26. The molecule has 108 valence electrons. The van der Waals surface area contributed by atoms with Gasteiger partial charge in [-0.05, 0) is 50.3 Å². The second kappa shape index (κ2) is 5.09. The van der Waals surface area contributed by atoms with Gasteiger partial charge in [-0.25, -0.2) is 0 Å². The molecule has 2 fully saturated rings. The summed E-state index contributed by atoms with van der Waals surface area (Å²) >= 11 is 0. The normalized spacial score (nSPS) is 28.4. The van der Waals surface area contributed by atoms with E-state index in [-0.39, 0.29) is 5.91 Å². The van der Waals surface area contributed by atoms with Crippen molar-refractivity contribution in [3.63, 3.8) is 0 Å². The molecule has 4 heteroatoms. The summed E-state index contributed by atoms with van der Waals surface area (Å²) in [7, 11) is 2.09. The zero-order valence-electron chi connectivity index (χ0n) is 12.2. The Bertz CT molecular complexity index is 516. The van der Waals surface area contributed by atoms with Crippen LogP contribution in [0.15, 0.2) is 18.2 Å². The number of hydrogen-bond donors (Lipinski definition) is 2. The van der Waals surface area contributed by atoms with Crippen molar-refractivity contribution in [3.8, 4) is 0 Å². The summed E-state index contributed by atoms with van der Waals surface area (Å²) in [5.74, 6) is -0.344. The van der Waals surface area contributed by atoms with Crippen LogP contribution in [0, 0.1) is 6.92 Å². The lowest BCUT2D eigenvalue weighted by Gasteiger charge is -2.37.